The first kappa shape index (κ1) is 19.0. The van der Waals surface area contributed by atoms with Crippen LogP contribution < -0.4 is 10.1 Å². The maximum atomic E-state index is 12.0. The summed E-state index contributed by atoms with van der Waals surface area (Å²) in [4.78, 5) is 17.3. The van der Waals surface area contributed by atoms with Gasteiger partial charge in [-0.1, -0.05) is 46.9 Å². The predicted molar refractivity (Wildman–Crippen MR) is 107 cm³/mol. The monoisotopic (exact) mass is 426 g/mol. The highest BCUT2D eigenvalue weighted by atomic mass is 35.5. The van der Waals surface area contributed by atoms with E-state index in [-0.39, 0.29) is 12.5 Å². The molecular weight excluding hydrogens is 415 g/mol. The molecule has 26 heavy (non-hydrogen) atoms. The number of ether oxygens (including phenoxy) is 1. The number of hydrogen-bond donors (Lipinski definition) is 1. The van der Waals surface area contributed by atoms with E-state index in [1.54, 1.807) is 24.4 Å². The van der Waals surface area contributed by atoms with Gasteiger partial charge in [0.2, 0.25) is 0 Å². The summed E-state index contributed by atoms with van der Waals surface area (Å²) in [5, 5.41) is 4.79. The molecule has 1 heterocycles. The van der Waals surface area contributed by atoms with Gasteiger partial charge in [-0.25, -0.2) is 4.98 Å². The number of thiazole rings is 1. The van der Waals surface area contributed by atoms with Crippen molar-refractivity contribution in [1.29, 1.82) is 0 Å². The van der Waals surface area contributed by atoms with Crippen molar-refractivity contribution in [2.75, 3.05) is 11.9 Å². The molecule has 3 aromatic rings. The molecule has 0 aliphatic carbocycles. The molecule has 2 aromatic carbocycles. The Morgan fingerprint density at radius 1 is 1.08 bits per heavy atom. The molecule has 1 amide bonds. The summed E-state index contributed by atoms with van der Waals surface area (Å²) in [5.41, 5.74) is 1.12. The molecule has 0 aliphatic heterocycles. The van der Waals surface area contributed by atoms with Crippen LogP contribution in [0.5, 0.6) is 5.75 Å². The Bertz CT molecular complexity index is 913. The second kappa shape index (κ2) is 8.73. The summed E-state index contributed by atoms with van der Waals surface area (Å²) in [6, 6.07) is 12.4. The zero-order valence-corrected chi connectivity index (χ0v) is 16.4. The van der Waals surface area contributed by atoms with Crippen LogP contribution in [0.15, 0.2) is 48.7 Å². The molecular formula is C18H13Cl3N2O2S. The zero-order valence-electron chi connectivity index (χ0n) is 13.3. The van der Waals surface area contributed by atoms with Crippen LogP contribution in [0.3, 0.4) is 0 Å². The molecule has 1 N–H and O–H groups in total. The van der Waals surface area contributed by atoms with Crippen molar-refractivity contribution in [3.05, 3.63) is 74.2 Å². The number of aromatic nitrogens is 1. The van der Waals surface area contributed by atoms with Crippen molar-refractivity contribution in [3.63, 3.8) is 0 Å². The first-order valence-electron chi connectivity index (χ1n) is 7.56. The van der Waals surface area contributed by atoms with Gasteiger partial charge in [0, 0.05) is 33.6 Å². The Morgan fingerprint density at radius 3 is 2.58 bits per heavy atom. The Morgan fingerprint density at radius 2 is 1.81 bits per heavy atom. The number of carbonyl (C=O) groups excluding carboxylic acids is 1. The molecule has 0 radical (unpaired) electrons. The lowest BCUT2D eigenvalue weighted by molar-refractivity contribution is -0.118. The van der Waals surface area contributed by atoms with Crippen molar-refractivity contribution in [1.82, 2.24) is 4.98 Å². The fourth-order valence-electron chi connectivity index (χ4n) is 2.14. The van der Waals surface area contributed by atoms with E-state index < -0.39 is 0 Å². The van der Waals surface area contributed by atoms with Crippen molar-refractivity contribution in [2.24, 2.45) is 0 Å². The number of carbonyl (C=O) groups is 1. The topological polar surface area (TPSA) is 51.2 Å². The molecule has 0 fully saturated rings. The van der Waals surface area contributed by atoms with Gasteiger partial charge in [-0.15, -0.1) is 11.3 Å². The van der Waals surface area contributed by atoms with E-state index in [4.69, 9.17) is 39.5 Å². The highest BCUT2D eigenvalue weighted by Crippen LogP contribution is 2.28. The molecule has 0 spiro atoms. The molecule has 3 rings (SSSR count). The van der Waals surface area contributed by atoms with Gasteiger partial charge in [-0.2, -0.15) is 0 Å². The fourth-order valence-corrected chi connectivity index (χ4v) is 3.46. The summed E-state index contributed by atoms with van der Waals surface area (Å²) in [5.74, 6) is 0.0327. The van der Waals surface area contributed by atoms with E-state index in [0.29, 0.717) is 25.9 Å². The minimum atomic E-state index is -0.326. The maximum absolute atomic E-state index is 12.0. The summed E-state index contributed by atoms with van der Waals surface area (Å²) in [7, 11) is 0. The third-order valence-electron chi connectivity index (χ3n) is 3.34. The number of rotatable bonds is 6. The lowest BCUT2D eigenvalue weighted by Crippen LogP contribution is -2.20. The number of halogens is 3. The average Bonchev–Trinajstić information content (AvgIpc) is 3.04. The molecule has 1 aromatic heterocycles. The third kappa shape index (κ3) is 5.35. The Kier molecular flexibility index (Phi) is 6.38. The highest BCUT2D eigenvalue weighted by molar-refractivity contribution is 7.15. The van der Waals surface area contributed by atoms with Crippen LogP contribution in [-0.2, 0) is 11.2 Å². The predicted octanol–water partition coefficient (Wildman–Crippen LogP) is 5.71. The van der Waals surface area contributed by atoms with Gasteiger partial charge < -0.3 is 4.74 Å². The summed E-state index contributed by atoms with van der Waals surface area (Å²) < 4.78 is 5.40. The van der Waals surface area contributed by atoms with E-state index >= 15 is 0 Å². The lowest BCUT2D eigenvalue weighted by Gasteiger charge is -2.07. The number of benzene rings is 2. The van der Waals surface area contributed by atoms with Gasteiger partial charge in [-0.05, 0) is 29.8 Å². The van der Waals surface area contributed by atoms with Gasteiger partial charge in [0.1, 0.15) is 5.75 Å². The van der Waals surface area contributed by atoms with Gasteiger partial charge in [0.25, 0.3) is 5.91 Å². The van der Waals surface area contributed by atoms with E-state index in [2.05, 4.69) is 10.3 Å². The molecule has 0 aliphatic rings. The largest absolute Gasteiger partial charge is 0.482 e. The zero-order chi connectivity index (χ0) is 18.5. The molecule has 134 valence electrons. The van der Waals surface area contributed by atoms with Gasteiger partial charge in [-0.3, -0.25) is 10.1 Å². The van der Waals surface area contributed by atoms with Crippen LogP contribution in [0.25, 0.3) is 0 Å². The van der Waals surface area contributed by atoms with Crippen molar-refractivity contribution < 1.29 is 9.53 Å². The maximum Gasteiger partial charge on any atom is 0.264 e. The summed E-state index contributed by atoms with van der Waals surface area (Å²) in [6.07, 6.45) is 2.46. The van der Waals surface area contributed by atoms with Crippen molar-refractivity contribution >= 4 is 57.2 Å². The fraction of sp³-hybridized carbons (Fsp3) is 0.111. The normalized spacial score (nSPS) is 10.6. The molecule has 0 bridgehead atoms. The number of anilines is 1. The summed E-state index contributed by atoms with van der Waals surface area (Å²) >= 11 is 19.2. The first-order chi connectivity index (χ1) is 12.5. The Hall–Kier alpha value is -1.79. The Balaban J connectivity index is 1.54. The molecule has 8 heteroatoms. The first-order valence-corrected chi connectivity index (χ1v) is 9.51. The number of hydrogen-bond acceptors (Lipinski definition) is 4. The second-order valence-corrected chi connectivity index (χ2v) is 7.74. The lowest BCUT2D eigenvalue weighted by atomic mass is 10.1. The van der Waals surface area contributed by atoms with Gasteiger partial charge in [0.05, 0.1) is 5.02 Å². The second-order valence-electron chi connectivity index (χ2n) is 5.35. The van der Waals surface area contributed by atoms with Crippen LogP contribution >= 0.6 is 46.1 Å². The molecule has 0 saturated carbocycles. The average molecular weight is 428 g/mol. The molecule has 0 atom stereocenters. The summed E-state index contributed by atoms with van der Waals surface area (Å²) in [6.45, 7) is -0.188. The minimum Gasteiger partial charge on any atom is -0.482 e. The van der Waals surface area contributed by atoms with Crippen LogP contribution in [-0.4, -0.2) is 17.5 Å². The van der Waals surface area contributed by atoms with E-state index in [9.17, 15) is 4.79 Å². The molecule has 0 unspecified atom stereocenters. The smallest absolute Gasteiger partial charge is 0.264 e. The van der Waals surface area contributed by atoms with Crippen LogP contribution in [0.1, 0.15) is 10.4 Å². The van der Waals surface area contributed by atoms with Gasteiger partial charge >= 0.3 is 0 Å². The number of nitrogens with zero attached hydrogens (tertiary/aromatic N) is 1. The highest BCUT2D eigenvalue weighted by Gasteiger charge is 2.10. The van der Waals surface area contributed by atoms with E-state index in [1.165, 1.54) is 11.3 Å². The third-order valence-corrected chi connectivity index (χ3v) is 5.06. The Labute approximate surface area is 169 Å². The molecule has 4 nitrogen and oxygen atoms in total. The van der Waals surface area contributed by atoms with Gasteiger partial charge in [0.15, 0.2) is 11.7 Å². The SMILES string of the molecule is O=C(COc1cc(Cl)ccc1Cl)Nc1ncc(Cc2ccc(Cl)cc2)s1. The number of amides is 1. The van der Waals surface area contributed by atoms with Crippen LogP contribution in [0, 0.1) is 0 Å². The van der Waals surface area contributed by atoms with E-state index in [0.717, 1.165) is 16.9 Å². The quantitative estimate of drug-likeness (QED) is 0.548. The number of nitrogens with one attached hydrogen (secondary N) is 1. The molecule has 0 saturated heterocycles. The van der Waals surface area contributed by atoms with Crippen LogP contribution in [0.2, 0.25) is 15.1 Å². The van der Waals surface area contributed by atoms with Crippen molar-refractivity contribution in [3.8, 4) is 5.75 Å². The van der Waals surface area contributed by atoms with Crippen molar-refractivity contribution in [2.45, 2.75) is 6.42 Å². The minimum absolute atomic E-state index is 0.188. The van der Waals surface area contributed by atoms with Crippen LogP contribution in [0.4, 0.5) is 5.13 Å². The standard InChI is InChI=1S/C18H13Cl3N2O2S/c19-12-3-1-11(2-4-12)7-14-9-22-18(26-14)23-17(24)10-25-16-8-13(20)5-6-15(16)21/h1-6,8-9H,7,10H2,(H,22,23,24). The van der Waals surface area contributed by atoms with E-state index in [1.807, 2.05) is 24.3 Å².